The number of benzene rings is 3. The molecule has 1 amide bonds. The number of rotatable bonds is 8. The number of carbonyl (C=O) groups excluding carboxylic acids is 1. The van der Waals surface area contributed by atoms with Gasteiger partial charge in [-0.25, -0.2) is 0 Å². The van der Waals surface area contributed by atoms with E-state index >= 15 is 0 Å². The number of ether oxygens (including phenoxy) is 2. The van der Waals surface area contributed by atoms with Crippen LogP contribution in [0, 0.1) is 0 Å². The van der Waals surface area contributed by atoms with Crippen LogP contribution in [0.2, 0.25) is 5.02 Å². The van der Waals surface area contributed by atoms with Crippen molar-refractivity contribution in [2.24, 2.45) is 0 Å². The topological polar surface area (TPSA) is 87.7 Å². The monoisotopic (exact) mass is 489 g/mol. The second kappa shape index (κ2) is 9.82. The van der Waals surface area contributed by atoms with Crippen molar-refractivity contribution in [3.63, 3.8) is 0 Å². The van der Waals surface area contributed by atoms with E-state index in [4.69, 9.17) is 21.1 Å². The van der Waals surface area contributed by atoms with Crippen molar-refractivity contribution in [2.45, 2.75) is 12.5 Å². The van der Waals surface area contributed by atoms with Crippen LogP contribution in [0.5, 0.6) is 17.2 Å². The molecule has 7 nitrogen and oxygen atoms in total. The first-order valence-corrected chi connectivity index (χ1v) is 11.6. The number of H-pyrrole nitrogens is 1. The molecule has 0 spiro atoms. The molecule has 8 heteroatoms. The van der Waals surface area contributed by atoms with Crippen LogP contribution < -0.4 is 4.74 Å². The highest BCUT2D eigenvalue weighted by atomic mass is 35.5. The molecule has 4 aromatic rings. The van der Waals surface area contributed by atoms with E-state index in [2.05, 4.69) is 10.2 Å². The zero-order valence-corrected chi connectivity index (χ0v) is 19.8. The molecule has 1 aromatic heterocycles. The van der Waals surface area contributed by atoms with Crippen LogP contribution in [0.25, 0.3) is 11.3 Å². The highest BCUT2D eigenvalue weighted by Gasteiger charge is 2.42. The molecule has 0 fully saturated rings. The second-order valence-corrected chi connectivity index (χ2v) is 8.69. The molecule has 3 aromatic carbocycles. The zero-order chi connectivity index (χ0) is 24.4. The molecule has 35 heavy (non-hydrogen) atoms. The number of nitrogens with zero attached hydrogens (tertiary/aromatic N) is 2. The number of hydrogen-bond donors (Lipinski definition) is 2. The van der Waals surface area contributed by atoms with Crippen LogP contribution >= 0.6 is 11.6 Å². The van der Waals surface area contributed by atoms with E-state index in [1.807, 2.05) is 54.6 Å². The van der Waals surface area contributed by atoms with Crippen molar-refractivity contribution in [1.29, 1.82) is 0 Å². The molecule has 0 saturated carbocycles. The van der Waals surface area contributed by atoms with Gasteiger partial charge in [-0.1, -0.05) is 41.9 Å². The summed E-state index contributed by atoms with van der Waals surface area (Å²) in [6.07, 6.45) is 0.675. The number of fused-ring (bicyclic) bond motifs is 1. The summed E-state index contributed by atoms with van der Waals surface area (Å²) in [7, 11) is 1.64. The first-order chi connectivity index (χ1) is 17.1. The van der Waals surface area contributed by atoms with Gasteiger partial charge in [-0.05, 0) is 54.4 Å². The van der Waals surface area contributed by atoms with Gasteiger partial charge in [0.25, 0.3) is 5.91 Å². The highest BCUT2D eigenvalue weighted by molar-refractivity contribution is 6.31. The van der Waals surface area contributed by atoms with Crippen molar-refractivity contribution in [3.8, 4) is 28.5 Å². The molecular formula is C27H24ClN3O4. The van der Waals surface area contributed by atoms with Gasteiger partial charge in [0.15, 0.2) is 0 Å². The molecular weight excluding hydrogens is 466 g/mol. The normalized spacial score (nSPS) is 14.9. The number of carbonyl (C=O) groups is 1. The van der Waals surface area contributed by atoms with Gasteiger partial charge in [-0.15, -0.1) is 0 Å². The summed E-state index contributed by atoms with van der Waals surface area (Å²) < 4.78 is 11.3. The van der Waals surface area contributed by atoms with Gasteiger partial charge < -0.3 is 19.5 Å². The number of phenols is 1. The van der Waals surface area contributed by atoms with Crippen molar-refractivity contribution in [1.82, 2.24) is 15.1 Å². The fourth-order valence-corrected chi connectivity index (χ4v) is 4.60. The van der Waals surface area contributed by atoms with E-state index in [-0.39, 0.29) is 11.7 Å². The number of aromatic hydroxyl groups is 1. The number of methoxy groups -OCH3 is 1. The van der Waals surface area contributed by atoms with Crippen LogP contribution in [0.15, 0.2) is 72.8 Å². The van der Waals surface area contributed by atoms with E-state index in [1.165, 1.54) is 6.07 Å². The van der Waals surface area contributed by atoms with Gasteiger partial charge in [0.05, 0.1) is 6.04 Å². The number of aromatic nitrogens is 2. The second-order valence-electron chi connectivity index (χ2n) is 8.26. The SMILES string of the molecule is COCCCN1C(=O)c2[nH]nc(-c3cc(Cl)ccc3O)c2C1c1cccc(Oc2ccccc2)c1. The van der Waals surface area contributed by atoms with E-state index < -0.39 is 6.04 Å². The summed E-state index contributed by atoms with van der Waals surface area (Å²) in [5.41, 5.74) is 2.91. The van der Waals surface area contributed by atoms with E-state index in [0.717, 1.165) is 11.3 Å². The van der Waals surface area contributed by atoms with E-state index in [0.29, 0.717) is 52.9 Å². The van der Waals surface area contributed by atoms with E-state index in [9.17, 15) is 9.90 Å². The fourth-order valence-electron chi connectivity index (χ4n) is 4.43. The smallest absolute Gasteiger partial charge is 0.273 e. The fraction of sp³-hybridized carbons (Fsp3) is 0.185. The van der Waals surface area contributed by atoms with E-state index in [1.54, 1.807) is 24.1 Å². The first kappa shape index (κ1) is 23.0. The molecule has 1 unspecified atom stereocenters. The Morgan fingerprint density at radius 2 is 1.86 bits per heavy atom. The lowest BCUT2D eigenvalue weighted by atomic mass is 9.95. The van der Waals surface area contributed by atoms with Crippen molar-refractivity contribution in [2.75, 3.05) is 20.3 Å². The molecule has 0 radical (unpaired) electrons. The van der Waals surface area contributed by atoms with Crippen molar-refractivity contribution in [3.05, 3.63) is 94.6 Å². The Kier molecular flexibility index (Phi) is 6.44. The zero-order valence-electron chi connectivity index (χ0n) is 19.1. The summed E-state index contributed by atoms with van der Waals surface area (Å²) in [6.45, 7) is 1.02. The predicted octanol–water partition coefficient (Wildman–Crippen LogP) is 5.81. The van der Waals surface area contributed by atoms with Crippen LogP contribution in [-0.4, -0.2) is 46.4 Å². The lowest BCUT2D eigenvalue weighted by Gasteiger charge is -2.26. The minimum absolute atomic E-state index is 0.0360. The highest BCUT2D eigenvalue weighted by Crippen LogP contribution is 2.45. The molecule has 0 saturated heterocycles. The van der Waals surface area contributed by atoms with Crippen LogP contribution in [0.4, 0.5) is 0 Å². The number of amides is 1. The molecule has 5 rings (SSSR count). The van der Waals surface area contributed by atoms with Gasteiger partial charge in [-0.3, -0.25) is 9.89 Å². The average molecular weight is 490 g/mol. The van der Waals surface area contributed by atoms with Gasteiger partial charge in [-0.2, -0.15) is 5.10 Å². The lowest BCUT2D eigenvalue weighted by molar-refractivity contribution is 0.0723. The maximum Gasteiger partial charge on any atom is 0.273 e. The van der Waals surface area contributed by atoms with Crippen LogP contribution in [-0.2, 0) is 4.74 Å². The third-order valence-electron chi connectivity index (χ3n) is 5.98. The number of phenolic OH excluding ortho intramolecular Hbond substituents is 1. The number of nitrogens with one attached hydrogen (secondary N) is 1. The van der Waals surface area contributed by atoms with Crippen LogP contribution in [0.3, 0.4) is 0 Å². The molecule has 1 aliphatic rings. The minimum atomic E-state index is -0.430. The molecule has 0 aliphatic carbocycles. The molecule has 0 bridgehead atoms. The largest absolute Gasteiger partial charge is 0.507 e. The van der Waals surface area contributed by atoms with Crippen molar-refractivity contribution < 1.29 is 19.4 Å². The molecule has 178 valence electrons. The van der Waals surface area contributed by atoms with Gasteiger partial charge in [0.1, 0.15) is 28.6 Å². The summed E-state index contributed by atoms with van der Waals surface area (Å²) in [6, 6.07) is 21.5. The number of para-hydroxylation sites is 1. The Balaban J connectivity index is 1.59. The molecule has 1 aliphatic heterocycles. The Morgan fingerprint density at radius 3 is 2.66 bits per heavy atom. The average Bonchev–Trinajstić information content (AvgIpc) is 3.40. The maximum absolute atomic E-state index is 13.4. The molecule has 1 atom stereocenters. The quantitative estimate of drug-likeness (QED) is 0.305. The summed E-state index contributed by atoms with van der Waals surface area (Å²) in [4.78, 5) is 15.2. The van der Waals surface area contributed by atoms with Crippen LogP contribution in [0.1, 0.15) is 34.1 Å². The van der Waals surface area contributed by atoms with Gasteiger partial charge >= 0.3 is 0 Å². The summed E-state index contributed by atoms with van der Waals surface area (Å²) >= 11 is 6.22. The first-order valence-electron chi connectivity index (χ1n) is 11.3. The standard InChI is InChI=1S/C27H24ClN3O4/c1-34-14-6-13-31-26(17-7-5-10-20(15-17)35-19-8-3-2-4-9-19)23-24(29-30-25(23)27(31)33)21-16-18(28)11-12-22(21)32/h2-5,7-12,15-16,26,32H,6,13-14H2,1H3,(H,29,30). The number of halogens is 1. The summed E-state index contributed by atoms with van der Waals surface area (Å²) in [5.74, 6) is 1.25. The van der Waals surface area contributed by atoms with Gasteiger partial charge in [0, 0.05) is 36.4 Å². The minimum Gasteiger partial charge on any atom is -0.507 e. The third-order valence-corrected chi connectivity index (χ3v) is 6.21. The molecule has 2 heterocycles. The van der Waals surface area contributed by atoms with Gasteiger partial charge in [0.2, 0.25) is 0 Å². The summed E-state index contributed by atoms with van der Waals surface area (Å²) in [5, 5.41) is 18.3. The molecule has 2 N–H and O–H groups in total. The maximum atomic E-state index is 13.4. The Morgan fingerprint density at radius 1 is 1.06 bits per heavy atom. The Bertz CT molecular complexity index is 1360. The number of aromatic amines is 1. The predicted molar refractivity (Wildman–Crippen MR) is 133 cm³/mol. The Hall–Kier alpha value is -3.81. The van der Waals surface area contributed by atoms with Crippen molar-refractivity contribution >= 4 is 17.5 Å². The lowest BCUT2D eigenvalue weighted by Crippen LogP contribution is -2.31. The number of hydrogen-bond acceptors (Lipinski definition) is 5. The Labute approximate surface area is 207 Å². The third kappa shape index (κ3) is 4.48.